The quantitative estimate of drug-likeness (QED) is 0.702. The van der Waals surface area contributed by atoms with E-state index >= 15 is 0 Å². The Morgan fingerprint density at radius 2 is 2.00 bits per heavy atom. The number of methoxy groups -OCH3 is 1. The third-order valence-electron chi connectivity index (χ3n) is 3.56. The van der Waals surface area contributed by atoms with Gasteiger partial charge in [-0.15, -0.1) is 10.2 Å². The average Bonchev–Trinajstić information content (AvgIpc) is 2.96. The van der Waals surface area contributed by atoms with Crippen molar-refractivity contribution in [1.29, 1.82) is 0 Å². The summed E-state index contributed by atoms with van der Waals surface area (Å²) in [5.41, 5.74) is 1.89. The van der Waals surface area contributed by atoms with Crippen molar-refractivity contribution in [3.05, 3.63) is 47.5 Å². The lowest BCUT2D eigenvalue weighted by atomic mass is 10.1. The lowest BCUT2D eigenvalue weighted by Crippen LogP contribution is -2.21. The Hall–Kier alpha value is -1.69. The minimum absolute atomic E-state index is 0.383. The Kier molecular flexibility index (Phi) is 6.97. The first-order chi connectivity index (χ1) is 11.5. The third-order valence-corrected chi connectivity index (χ3v) is 3.81. The first kappa shape index (κ1) is 18.6. The molecule has 0 amide bonds. The van der Waals surface area contributed by atoms with Gasteiger partial charge in [0.1, 0.15) is 6.61 Å². The van der Waals surface area contributed by atoms with Gasteiger partial charge in [-0.1, -0.05) is 32.0 Å². The number of nitrogens with one attached hydrogen (secondary N) is 1. The van der Waals surface area contributed by atoms with Gasteiger partial charge in [0.2, 0.25) is 0 Å². The molecule has 0 saturated carbocycles. The fraction of sp³-hybridized carbons (Fsp3) is 0.444. The van der Waals surface area contributed by atoms with Crippen LogP contribution in [-0.2, 0) is 11.3 Å². The van der Waals surface area contributed by atoms with Crippen LogP contribution in [0.5, 0.6) is 0 Å². The summed E-state index contributed by atoms with van der Waals surface area (Å²) in [5, 5.41) is 12.7. The summed E-state index contributed by atoms with van der Waals surface area (Å²) in [4.78, 5) is 0. The van der Waals surface area contributed by atoms with E-state index in [4.69, 9.17) is 16.3 Å². The summed E-state index contributed by atoms with van der Waals surface area (Å²) in [7, 11) is 1.64. The predicted octanol–water partition coefficient (Wildman–Crippen LogP) is 3.72. The van der Waals surface area contributed by atoms with Gasteiger partial charge in [-0.2, -0.15) is 0 Å². The lowest BCUT2D eigenvalue weighted by molar-refractivity contribution is 0.176. The highest BCUT2D eigenvalue weighted by atomic mass is 35.5. The number of hydrogen-bond acceptors (Lipinski definition) is 4. The highest BCUT2D eigenvalue weighted by molar-refractivity contribution is 6.30. The molecule has 0 aliphatic rings. The zero-order valence-electron chi connectivity index (χ0n) is 14.6. The summed E-state index contributed by atoms with van der Waals surface area (Å²) in [6, 6.07) is 7.59. The molecular formula is C18H25ClN4O. The van der Waals surface area contributed by atoms with E-state index in [1.807, 2.05) is 28.8 Å². The molecule has 0 aliphatic heterocycles. The van der Waals surface area contributed by atoms with Crippen LogP contribution in [0.3, 0.4) is 0 Å². The van der Waals surface area contributed by atoms with E-state index in [9.17, 15) is 0 Å². The second-order valence-electron chi connectivity index (χ2n) is 6.14. The molecule has 0 atom stereocenters. The fourth-order valence-corrected chi connectivity index (χ4v) is 2.50. The molecule has 0 radical (unpaired) electrons. The average molecular weight is 349 g/mol. The molecule has 1 heterocycles. The van der Waals surface area contributed by atoms with E-state index in [1.54, 1.807) is 7.11 Å². The molecule has 0 spiro atoms. The van der Waals surface area contributed by atoms with Gasteiger partial charge in [0, 0.05) is 17.8 Å². The first-order valence-electron chi connectivity index (χ1n) is 8.11. The summed E-state index contributed by atoms with van der Waals surface area (Å²) in [6.45, 7) is 10.8. The maximum atomic E-state index is 6.00. The normalized spacial score (nSPS) is 11.2. The lowest BCUT2D eigenvalue weighted by Gasteiger charge is -2.12. The van der Waals surface area contributed by atoms with Crippen molar-refractivity contribution < 1.29 is 4.74 Å². The molecule has 1 aromatic heterocycles. The fourth-order valence-electron chi connectivity index (χ4n) is 2.37. The largest absolute Gasteiger partial charge is 0.377 e. The van der Waals surface area contributed by atoms with Crippen molar-refractivity contribution in [1.82, 2.24) is 20.1 Å². The molecule has 0 fully saturated rings. The van der Waals surface area contributed by atoms with Crippen molar-refractivity contribution in [3.8, 4) is 5.69 Å². The van der Waals surface area contributed by atoms with E-state index < -0.39 is 0 Å². The Bertz CT molecular complexity index is 664. The zero-order valence-corrected chi connectivity index (χ0v) is 15.3. The second kappa shape index (κ2) is 8.97. The van der Waals surface area contributed by atoms with Gasteiger partial charge in [0.15, 0.2) is 11.6 Å². The van der Waals surface area contributed by atoms with Gasteiger partial charge in [0.05, 0.1) is 0 Å². The molecule has 2 aromatic rings. The van der Waals surface area contributed by atoms with Crippen LogP contribution in [-0.4, -0.2) is 35.0 Å². The summed E-state index contributed by atoms with van der Waals surface area (Å²) >= 11 is 6.00. The minimum Gasteiger partial charge on any atom is -0.377 e. The van der Waals surface area contributed by atoms with Crippen LogP contribution in [0.1, 0.15) is 31.9 Å². The van der Waals surface area contributed by atoms with E-state index in [0.29, 0.717) is 17.5 Å². The summed E-state index contributed by atoms with van der Waals surface area (Å²) in [6.07, 6.45) is 0.811. The van der Waals surface area contributed by atoms with Gasteiger partial charge in [0.25, 0.3) is 0 Å². The van der Waals surface area contributed by atoms with Crippen LogP contribution in [0, 0.1) is 5.92 Å². The zero-order chi connectivity index (χ0) is 17.5. The van der Waals surface area contributed by atoms with Gasteiger partial charge in [-0.3, -0.25) is 4.57 Å². The molecule has 1 aromatic carbocycles. The molecule has 24 heavy (non-hydrogen) atoms. The monoisotopic (exact) mass is 348 g/mol. The highest BCUT2D eigenvalue weighted by Gasteiger charge is 2.16. The molecule has 0 saturated heterocycles. The molecule has 2 rings (SSSR count). The molecular weight excluding hydrogens is 324 g/mol. The first-order valence-corrected chi connectivity index (χ1v) is 8.48. The summed E-state index contributed by atoms with van der Waals surface area (Å²) in [5.74, 6) is 2.13. The number of ether oxygens (including phenoxy) is 1. The Balaban J connectivity index is 2.20. The molecule has 0 unspecified atom stereocenters. The van der Waals surface area contributed by atoms with Crippen LogP contribution in [0.4, 0.5) is 0 Å². The van der Waals surface area contributed by atoms with Gasteiger partial charge in [-0.05, 0) is 55.3 Å². The number of hydrogen-bond donors (Lipinski definition) is 1. The van der Waals surface area contributed by atoms with Crippen LogP contribution in [0.15, 0.2) is 30.8 Å². The van der Waals surface area contributed by atoms with E-state index in [0.717, 1.165) is 42.4 Å². The number of aromatic nitrogens is 3. The minimum atomic E-state index is 0.383. The molecule has 6 heteroatoms. The SMILES string of the molecule is C=C(CCNCC(C)C)c1nnc(COC)n1-c1ccc(Cl)cc1. The molecule has 1 N–H and O–H groups in total. The van der Waals surface area contributed by atoms with Crippen molar-refractivity contribution in [2.24, 2.45) is 5.92 Å². The van der Waals surface area contributed by atoms with E-state index in [-0.39, 0.29) is 0 Å². The maximum absolute atomic E-state index is 6.00. The number of benzene rings is 1. The van der Waals surface area contributed by atoms with E-state index in [1.165, 1.54) is 0 Å². The van der Waals surface area contributed by atoms with E-state index in [2.05, 4.69) is 35.9 Å². The highest BCUT2D eigenvalue weighted by Crippen LogP contribution is 2.22. The number of nitrogens with zero attached hydrogens (tertiary/aromatic N) is 3. The topological polar surface area (TPSA) is 52.0 Å². The molecule has 0 aliphatic carbocycles. The van der Waals surface area contributed by atoms with Crippen LogP contribution < -0.4 is 5.32 Å². The van der Waals surface area contributed by atoms with Crippen molar-refractivity contribution in [2.75, 3.05) is 20.2 Å². The van der Waals surface area contributed by atoms with Crippen molar-refractivity contribution in [3.63, 3.8) is 0 Å². The molecule has 130 valence electrons. The predicted molar refractivity (Wildman–Crippen MR) is 98.4 cm³/mol. The van der Waals surface area contributed by atoms with Crippen LogP contribution >= 0.6 is 11.6 Å². The second-order valence-corrected chi connectivity index (χ2v) is 6.57. The van der Waals surface area contributed by atoms with Crippen LogP contribution in [0.25, 0.3) is 11.3 Å². The molecule has 5 nitrogen and oxygen atoms in total. The van der Waals surface area contributed by atoms with Crippen LogP contribution in [0.2, 0.25) is 5.02 Å². The maximum Gasteiger partial charge on any atom is 0.163 e. The number of rotatable bonds is 9. The van der Waals surface area contributed by atoms with Gasteiger partial charge < -0.3 is 10.1 Å². The Morgan fingerprint density at radius 3 is 2.62 bits per heavy atom. The Morgan fingerprint density at radius 1 is 1.29 bits per heavy atom. The molecule has 0 bridgehead atoms. The third kappa shape index (κ3) is 4.90. The van der Waals surface area contributed by atoms with Crippen molar-refractivity contribution >= 4 is 17.2 Å². The van der Waals surface area contributed by atoms with Gasteiger partial charge >= 0.3 is 0 Å². The van der Waals surface area contributed by atoms with Gasteiger partial charge in [-0.25, -0.2) is 0 Å². The standard InChI is InChI=1S/C18H25ClN4O/c1-13(2)11-20-10-9-14(3)18-22-21-17(12-24-4)23(18)16-7-5-15(19)6-8-16/h5-8,13,20H,3,9-12H2,1-2,4H3. The Labute approximate surface area is 148 Å². The smallest absolute Gasteiger partial charge is 0.163 e. The van der Waals surface area contributed by atoms with Crippen molar-refractivity contribution in [2.45, 2.75) is 26.9 Å². The number of halogens is 1. The summed E-state index contributed by atoms with van der Waals surface area (Å²) < 4.78 is 7.22.